The Balaban J connectivity index is 2.77. The molecule has 0 heterocycles. The van der Waals surface area contributed by atoms with E-state index in [1.165, 1.54) is 18.2 Å². The Hall–Kier alpha value is -1.56. The monoisotopic (exact) mass is 260 g/mol. The van der Waals surface area contributed by atoms with Gasteiger partial charge in [-0.1, -0.05) is 25.1 Å². The van der Waals surface area contributed by atoms with Crippen LogP contribution in [0.15, 0.2) is 24.3 Å². The van der Waals surface area contributed by atoms with Gasteiger partial charge in [-0.25, -0.2) is 0 Å². The fraction of sp³-hybridized carbons (Fsp3) is 0.417. The van der Waals surface area contributed by atoms with Crippen molar-refractivity contribution in [1.82, 2.24) is 5.32 Å². The largest absolute Gasteiger partial charge is 0.416 e. The number of alkyl halides is 3. The van der Waals surface area contributed by atoms with Gasteiger partial charge in [-0.05, 0) is 18.1 Å². The van der Waals surface area contributed by atoms with Crippen LogP contribution in [-0.2, 0) is 17.5 Å². The van der Waals surface area contributed by atoms with Gasteiger partial charge in [-0.3, -0.25) is 4.79 Å². The molecule has 100 valence electrons. The number of halogens is 3. The zero-order valence-electron chi connectivity index (χ0n) is 9.92. The van der Waals surface area contributed by atoms with Crippen LogP contribution in [0, 0.1) is 0 Å². The Kier molecular flexibility index (Phi) is 4.72. The van der Waals surface area contributed by atoms with Crippen molar-refractivity contribution < 1.29 is 18.0 Å². The second kappa shape index (κ2) is 5.86. The molecule has 0 fully saturated rings. The number of nitrogens with two attached hydrogens (primary N) is 1. The minimum absolute atomic E-state index is 0.0293. The lowest BCUT2D eigenvalue weighted by atomic mass is 10.1. The normalized spacial score (nSPS) is 13.2. The molecule has 0 saturated carbocycles. The first-order valence-corrected chi connectivity index (χ1v) is 5.54. The van der Waals surface area contributed by atoms with E-state index in [9.17, 15) is 18.0 Å². The highest BCUT2D eigenvalue weighted by molar-refractivity contribution is 5.81. The van der Waals surface area contributed by atoms with Crippen LogP contribution >= 0.6 is 0 Å². The summed E-state index contributed by atoms with van der Waals surface area (Å²) in [6.07, 6.45) is -3.99. The zero-order chi connectivity index (χ0) is 13.8. The minimum atomic E-state index is -4.42. The number of hydrogen-bond donors (Lipinski definition) is 2. The molecule has 1 rings (SSSR count). The van der Waals surface area contributed by atoms with E-state index in [1.54, 1.807) is 6.92 Å². The van der Waals surface area contributed by atoms with Crippen molar-refractivity contribution >= 4 is 5.91 Å². The Morgan fingerprint density at radius 3 is 2.56 bits per heavy atom. The van der Waals surface area contributed by atoms with Gasteiger partial charge >= 0.3 is 6.18 Å². The molecule has 1 atom stereocenters. The lowest BCUT2D eigenvalue weighted by molar-refractivity contribution is -0.138. The molecule has 0 aliphatic heterocycles. The van der Waals surface area contributed by atoms with Crippen molar-refractivity contribution in [3.8, 4) is 0 Å². The molecule has 3 N–H and O–H groups in total. The van der Waals surface area contributed by atoms with Gasteiger partial charge in [0.2, 0.25) is 5.91 Å². The van der Waals surface area contributed by atoms with Crippen molar-refractivity contribution in [2.24, 2.45) is 5.73 Å². The van der Waals surface area contributed by atoms with Gasteiger partial charge in [-0.15, -0.1) is 0 Å². The highest BCUT2D eigenvalue weighted by Crippen LogP contribution is 2.31. The minimum Gasteiger partial charge on any atom is -0.351 e. The summed E-state index contributed by atoms with van der Waals surface area (Å²) in [6, 6.07) is 4.44. The lowest BCUT2D eigenvalue weighted by Gasteiger charge is -2.14. The molecule has 18 heavy (non-hydrogen) atoms. The standard InChI is InChI=1S/C12H15F3N2O/c1-2-10(16)11(18)17-7-8-5-3-4-6-9(8)12(13,14)15/h3-6,10H,2,7,16H2,1H3,(H,17,18)/t10-/m0/s1. The Labute approximate surface area is 103 Å². The topological polar surface area (TPSA) is 55.1 Å². The van der Waals surface area contributed by atoms with Crippen molar-refractivity contribution in [2.75, 3.05) is 0 Å². The van der Waals surface area contributed by atoms with Gasteiger partial charge in [0.25, 0.3) is 0 Å². The predicted octanol–water partition coefficient (Wildman–Crippen LogP) is 2.06. The summed E-state index contributed by atoms with van der Waals surface area (Å²) in [6.45, 7) is 1.55. The fourth-order valence-electron chi connectivity index (χ4n) is 1.45. The van der Waals surface area contributed by atoms with Crippen molar-refractivity contribution in [3.63, 3.8) is 0 Å². The maximum Gasteiger partial charge on any atom is 0.416 e. The van der Waals surface area contributed by atoms with Gasteiger partial charge in [0.05, 0.1) is 11.6 Å². The Bertz CT molecular complexity index is 418. The molecule has 0 aromatic heterocycles. The number of benzene rings is 1. The van der Waals surface area contributed by atoms with Crippen LogP contribution in [0.1, 0.15) is 24.5 Å². The highest BCUT2D eigenvalue weighted by Gasteiger charge is 2.32. The molecular weight excluding hydrogens is 245 g/mol. The molecule has 0 spiro atoms. The average Bonchev–Trinajstić information content (AvgIpc) is 2.34. The third-order valence-corrected chi connectivity index (χ3v) is 2.55. The molecule has 0 saturated heterocycles. The zero-order valence-corrected chi connectivity index (χ0v) is 9.92. The molecule has 0 aliphatic rings. The van der Waals surface area contributed by atoms with E-state index in [0.29, 0.717) is 6.42 Å². The van der Waals surface area contributed by atoms with E-state index in [-0.39, 0.29) is 12.1 Å². The summed E-state index contributed by atoms with van der Waals surface area (Å²) < 4.78 is 38.0. The highest BCUT2D eigenvalue weighted by atomic mass is 19.4. The fourth-order valence-corrected chi connectivity index (χ4v) is 1.45. The first-order chi connectivity index (χ1) is 8.36. The van der Waals surface area contributed by atoms with E-state index in [1.807, 2.05) is 0 Å². The predicted molar refractivity (Wildman–Crippen MR) is 61.6 cm³/mol. The Morgan fingerprint density at radius 1 is 1.39 bits per heavy atom. The first kappa shape index (κ1) is 14.5. The van der Waals surface area contributed by atoms with Crippen LogP contribution in [0.3, 0.4) is 0 Å². The van der Waals surface area contributed by atoms with Crippen LogP contribution in [0.2, 0.25) is 0 Å². The summed E-state index contributed by atoms with van der Waals surface area (Å²) in [5, 5.41) is 2.40. The second-order valence-corrected chi connectivity index (χ2v) is 3.89. The van der Waals surface area contributed by atoms with E-state index >= 15 is 0 Å². The number of carbonyl (C=O) groups excluding carboxylic acids is 1. The van der Waals surface area contributed by atoms with E-state index < -0.39 is 23.7 Å². The lowest BCUT2D eigenvalue weighted by Crippen LogP contribution is -2.39. The second-order valence-electron chi connectivity index (χ2n) is 3.89. The third kappa shape index (κ3) is 3.73. The van der Waals surface area contributed by atoms with Crippen molar-refractivity contribution in [1.29, 1.82) is 0 Å². The molecule has 6 heteroatoms. The SMILES string of the molecule is CC[C@H](N)C(=O)NCc1ccccc1C(F)(F)F. The summed E-state index contributed by atoms with van der Waals surface area (Å²) >= 11 is 0. The molecule has 0 unspecified atom stereocenters. The number of hydrogen-bond acceptors (Lipinski definition) is 2. The van der Waals surface area contributed by atoms with Gasteiger partial charge in [0.15, 0.2) is 0 Å². The molecule has 0 aliphatic carbocycles. The smallest absolute Gasteiger partial charge is 0.351 e. The van der Waals surface area contributed by atoms with Crippen molar-refractivity contribution in [2.45, 2.75) is 32.1 Å². The van der Waals surface area contributed by atoms with Crippen LogP contribution in [-0.4, -0.2) is 11.9 Å². The quantitative estimate of drug-likeness (QED) is 0.870. The molecular formula is C12H15F3N2O. The summed E-state index contributed by atoms with van der Waals surface area (Å²) in [5.74, 6) is -0.450. The number of amides is 1. The Morgan fingerprint density at radius 2 is 2.00 bits per heavy atom. The molecule has 3 nitrogen and oxygen atoms in total. The van der Waals surface area contributed by atoms with Crippen LogP contribution < -0.4 is 11.1 Å². The molecule has 1 aromatic carbocycles. The van der Waals surface area contributed by atoms with Gasteiger partial charge < -0.3 is 11.1 Å². The van der Waals surface area contributed by atoms with Gasteiger partial charge in [-0.2, -0.15) is 13.2 Å². The van der Waals surface area contributed by atoms with E-state index in [2.05, 4.69) is 5.32 Å². The summed E-state index contributed by atoms with van der Waals surface area (Å²) in [4.78, 5) is 11.4. The number of carbonyl (C=O) groups is 1. The van der Waals surface area contributed by atoms with Crippen LogP contribution in [0.25, 0.3) is 0 Å². The van der Waals surface area contributed by atoms with Gasteiger partial charge in [0, 0.05) is 6.54 Å². The maximum atomic E-state index is 12.7. The van der Waals surface area contributed by atoms with E-state index in [4.69, 9.17) is 5.73 Å². The molecule has 0 radical (unpaired) electrons. The maximum absolute atomic E-state index is 12.7. The number of nitrogens with one attached hydrogen (secondary N) is 1. The number of rotatable bonds is 4. The average molecular weight is 260 g/mol. The van der Waals surface area contributed by atoms with Crippen LogP contribution in [0.4, 0.5) is 13.2 Å². The third-order valence-electron chi connectivity index (χ3n) is 2.55. The first-order valence-electron chi connectivity index (χ1n) is 5.54. The summed E-state index contributed by atoms with van der Waals surface area (Å²) in [7, 11) is 0. The molecule has 1 amide bonds. The van der Waals surface area contributed by atoms with Gasteiger partial charge in [0.1, 0.15) is 0 Å². The molecule has 1 aromatic rings. The molecule has 0 bridgehead atoms. The van der Waals surface area contributed by atoms with Crippen molar-refractivity contribution in [3.05, 3.63) is 35.4 Å². The van der Waals surface area contributed by atoms with Crippen LogP contribution in [0.5, 0.6) is 0 Å². The van der Waals surface area contributed by atoms with E-state index in [0.717, 1.165) is 6.07 Å². The summed E-state index contributed by atoms with van der Waals surface area (Å²) in [5.41, 5.74) is 4.76.